The van der Waals surface area contributed by atoms with Crippen LogP contribution in [0.4, 0.5) is 13.2 Å². The number of alkyl halides is 3. The van der Waals surface area contributed by atoms with Gasteiger partial charge in [0.1, 0.15) is 17.2 Å². The zero-order valence-corrected chi connectivity index (χ0v) is 19.1. The van der Waals surface area contributed by atoms with Crippen LogP contribution < -0.4 is 14.2 Å². The number of methoxy groups -OCH3 is 1. The van der Waals surface area contributed by atoms with E-state index in [9.17, 15) is 18.0 Å². The van der Waals surface area contributed by atoms with Gasteiger partial charge in [-0.2, -0.15) is 10.2 Å². The lowest BCUT2D eigenvalue weighted by Gasteiger charge is -2.31. The van der Waals surface area contributed by atoms with Crippen molar-refractivity contribution in [3.63, 3.8) is 0 Å². The van der Waals surface area contributed by atoms with E-state index >= 15 is 0 Å². The number of amides is 1. The predicted octanol–water partition coefficient (Wildman–Crippen LogP) is 4.90. The number of halogens is 3. The van der Waals surface area contributed by atoms with E-state index in [0.29, 0.717) is 13.1 Å². The van der Waals surface area contributed by atoms with Gasteiger partial charge in [0.05, 0.1) is 24.7 Å². The zero-order chi connectivity index (χ0) is 25.0. The molecule has 3 heterocycles. The fourth-order valence-corrected chi connectivity index (χ4v) is 3.78. The molecule has 0 aliphatic carbocycles. The number of hydrogen-bond acceptors (Lipinski definition) is 7. The molecule has 1 aromatic carbocycles. The Hall–Kier alpha value is -3.89. The third-order valence-electron chi connectivity index (χ3n) is 5.57. The van der Waals surface area contributed by atoms with Crippen molar-refractivity contribution in [1.29, 1.82) is 0 Å². The lowest BCUT2D eigenvalue weighted by molar-refractivity contribution is -0.274. The van der Waals surface area contributed by atoms with Crippen LogP contribution in [0.2, 0.25) is 0 Å². The molecule has 0 unspecified atom stereocenters. The highest BCUT2D eigenvalue weighted by Crippen LogP contribution is 2.33. The van der Waals surface area contributed by atoms with Gasteiger partial charge in [-0.1, -0.05) is 0 Å². The summed E-state index contributed by atoms with van der Waals surface area (Å²) in [6.07, 6.45) is -1.88. The summed E-state index contributed by atoms with van der Waals surface area (Å²) in [7, 11) is 1.42. The number of benzene rings is 1. The molecule has 0 N–H and O–H groups in total. The van der Waals surface area contributed by atoms with Crippen molar-refractivity contribution in [2.45, 2.75) is 32.0 Å². The maximum absolute atomic E-state index is 13.0. The Kier molecular flexibility index (Phi) is 7.04. The number of piperidine rings is 1. The van der Waals surface area contributed by atoms with Gasteiger partial charge >= 0.3 is 6.36 Å². The number of likely N-dealkylation sites (tertiary alicyclic amines) is 1. The highest BCUT2D eigenvalue weighted by atomic mass is 19.4. The van der Waals surface area contributed by atoms with Gasteiger partial charge in [-0.3, -0.25) is 4.79 Å². The van der Waals surface area contributed by atoms with Crippen molar-refractivity contribution in [2.75, 3.05) is 20.2 Å². The van der Waals surface area contributed by atoms with Crippen molar-refractivity contribution in [2.24, 2.45) is 0 Å². The molecule has 2 aromatic heterocycles. The minimum atomic E-state index is -4.78. The number of aryl methyl sites for hydroxylation is 1. The number of aromatic nitrogens is 3. The van der Waals surface area contributed by atoms with Gasteiger partial charge in [0.15, 0.2) is 11.5 Å². The van der Waals surface area contributed by atoms with Crippen molar-refractivity contribution >= 4 is 5.91 Å². The van der Waals surface area contributed by atoms with Gasteiger partial charge in [0.25, 0.3) is 5.91 Å². The average Bonchev–Trinajstić information content (AvgIpc) is 2.85. The van der Waals surface area contributed by atoms with E-state index in [-0.39, 0.29) is 40.5 Å². The first kappa shape index (κ1) is 24.2. The Morgan fingerprint density at radius 1 is 1.00 bits per heavy atom. The van der Waals surface area contributed by atoms with E-state index < -0.39 is 6.36 Å². The molecule has 0 spiro atoms. The molecule has 8 nitrogen and oxygen atoms in total. The Labute approximate surface area is 199 Å². The Morgan fingerprint density at radius 2 is 1.69 bits per heavy atom. The molecule has 3 aromatic rings. The normalized spacial score (nSPS) is 14.5. The second-order valence-corrected chi connectivity index (χ2v) is 8.01. The molecular weight excluding hydrogens is 465 g/mol. The van der Waals surface area contributed by atoms with Crippen LogP contribution in [0.3, 0.4) is 0 Å². The molecule has 1 fully saturated rings. The molecule has 1 amide bonds. The fourth-order valence-electron chi connectivity index (χ4n) is 3.78. The highest BCUT2D eigenvalue weighted by Gasteiger charge is 2.31. The maximum Gasteiger partial charge on any atom is 0.573 e. The number of carbonyl (C=O) groups excluding carboxylic acids is 1. The number of rotatable bonds is 6. The zero-order valence-electron chi connectivity index (χ0n) is 19.1. The van der Waals surface area contributed by atoms with Crippen molar-refractivity contribution in [3.8, 4) is 23.0 Å². The SMILES string of the molecule is COc1cc(C(=O)N2CCC(c3ccc(C)nn3)CC2)ncc1Oc1ccc(OC(F)(F)F)cc1. The smallest absolute Gasteiger partial charge is 0.493 e. The quantitative estimate of drug-likeness (QED) is 0.488. The number of pyridine rings is 1. The van der Waals surface area contributed by atoms with E-state index in [1.165, 1.54) is 31.5 Å². The number of nitrogens with zero attached hydrogens (tertiary/aromatic N) is 4. The molecule has 0 atom stereocenters. The molecule has 0 radical (unpaired) electrons. The van der Waals surface area contributed by atoms with Crippen molar-refractivity contribution in [1.82, 2.24) is 20.1 Å². The van der Waals surface area contributed by atoms with Gasteiger partial charge in [-0.15, -0.1) is 13.2 Å². The van der Waals surface area contributed by atoms with Crippen LogP contribution >= 0.6 is 0 Å². The first-order chi connectivity index (χ1) is 16.7. The number of hydrogen-bond donors (Lipinski definition) is 0. The standard InChI is InChI=1S/C24H23F3N4O4/c1-15-3-8-19(30-29-15)16-9-11-31(12-10-16)23(32)20-13-21(33-2)22(14-28-20)34-17-4-6-18(7-5-17)35-24(25,26)27/h3-8,13-14,16H,9-12H2,1-2H3. The van der Waals surface area contributed by atoms with Crippen molar-refractivity contribution < 1.29 is 32.2 Å². The largest absolute Gasteiger partial charge is 0.573 e. The molecule has 4 rings (SSSR count). The molecule has 184 valence electrons. The first-order valence-corrected chi connectivity index (χ1v) is 10.9. The summed E-state index contributed by atoms with van der Waals surface area (Å²) in [6.45, 7) is 3.01. The van der Waals surface area contributed by atoms with Crippen LogP contribution in [0, 0.1) is 6.92 Å². The minimum absolute atomic E-state index is 0.205. The topological polar surface area (TPSA) is 86.7 Å². The number of ether oxygens (including phenoxy) is 3. The van der Waals surface area contributed by atoms with E-state index in [1.54, 1.807) is 4.90 Å². The summed E-state index contributed by atoms with van der Waals surface area (Å²) < 4.78 is 51.8. The molecule has 11 heteroatoms. The molecule has 0 bridgehead atoms. The Bertz CT molecular complexity index is 1160. The number of carbonyl (C=O) groups is 1. The third-order valence-corrected chi connectivity index (χ3v) is 5.57. The Balaban J connectivity index is 1.39. The summed E-state index contributed by atoms with van der Waals surface area (Å²) in [6, 6.07) is 10.3. The predicted molar refractivity (Wildman–Crippen MR) is 119 cm³/mol. The van der Waals surface area contributed by atoms with E-state index in [1.807, 2.05) is 19.1 Å². The average molecular weight is 488 g/mol. The summed E-state index contributed by atoms with van der Waals surface area (Å²) >= 11 is 0. The van der Waals surface area contributed by atoms with Gasteiger partial charge in [-0.25, -0.2) is 4.98 Å². The maximum atomic E-state index is 13.0. The fraction of sp³-hybridized carbons (Fsp3) is 0.333. The Morgan fingerprint density at radius 3 is 2.29 bits per heavy atom. The lowest BCUT2D eigenvalue weighted by atomic mass is 9.93. The summed E-state index contributed by atoms with van der Waals surface area (Å²) in [4.78, 5) is 19.0. The minimum Gasteiger partial charge on any atom is -0.493 e. The third kappa shape index (κ3) is 6.17. The van der Waals surface area contributed by atoms with Crippen LogP contribution in [0.1, 0.15) is 40.6 Å². The summed E-state index contributed by atoms with van der Waals surface area (Å²) in [5.74, 6) is 0.387. The van der Waals surface area contributed by atoms with Crippen LogP contribution in [0.5, 0.6) is 23.0 Å². The molecule has 1 aliphatic rings. The molecule has 0 saturated carbocycles. The molecule has 35 heavy (non-hydrogen) atoms. The second-order valence-electron chi connectivity index (χ2n) is 8.01. The first-order valence-electron chi connectivity index (χ1n) is 10.9. The monoisotopic (exact) mass is 488 g/mol. The summed E-state index contributed by atoms with van der Waals surface area (Å²) in [5.41, 5.74) is 2.00. The summed E-state index contributed by atoms with van der Waals surface area (Å²) in [5, 5.41) is 8.38. The molecule has 1 saturated heterocycles. The van der Waals surface area contributed by atoms with E-state index in [2.05, 4.69) is 19.9 Å². The van der Waals surface area contributed by atoms with Gasteiger partial charge < -0.3 is 19.1 Å². The second kappa shape index (κ2) is 10.2. The van der Waals surface area contributed by atoms with Crippen LogP contribution in [0.15, 0.2) is 48.7 Å². The highest BCUT2D eigenvalue weighted by molar-refractivity contribution is 5.93. The van der Waals surface area contributed by atoms with Gasteiger partial charge in [0, 0.05) is 25.1 Å². The van der Waals surface area contributed by atoms with Gasteiger partial charge in [-0.05, 0) is 56.2 Å². The van der Waals surface area contributed by atoms with E-state index in [0.717, 1.165) is 36.4 Å². The van der Waals surface area contributed by atoms with Crippen LogP contribution in [0.25, 0.3) is 0 Å². The lowest BCUT2D eigenvalue weighted by Crippen LogP contribution is -2.38. The molecule has 1 aliphatic heterocycles. The van der Waals surface area contributed by atoms with Gasteiger partial charge in [0.2, 0.25) is 0 Å². The van der Waals surface area contributed by atoms with Crippen LogP contribution in [-0.2, 0) is 0 Å². The van der Waals surface area contributed by atoms with E-state index in [4.69, 9.17) is 9.47 Å². The van der Waals surface area contributed by atoms with Crippen molar-refractivity contribution in [3.05, 3.63) is 65.7 Å². The van der Waals surface area contributed by atoms with Crippen LogP contribution in [-0.4, -0.2) is 52.6 Å². The molecular formula is C24H23F3N4O4.